The van der Waals surface area contributed by atoms with E-state index in [-0.39, 0.29) is 11.5 Å². The molecular formula is C10H22NO+. The topological polar surface area (TPSA) is 47.9 Å². The fourth-order valence-corrected chi connectivity index (χ4v) is 2.77. The summed E-state index contributed by atoms with van der Waals surface area (Å²) in [5.74, 6) is 0. The second-order valence-corrected chi connectivity index (χ2v) is 5.46. The summed E-state index contributed by atoms with van der Waals surface area (Å²) < 4.78 is 0. The van der Waals surface area contributed by atoms with Crippen LogP contribution >= 0.6 is 0 Å². The van der Waals surface area contributed by atoms with Gasteiger partial charge in [0, 0.05) is 5.41 Å². The molecule has 0 aromatic rings. The average Bonchev–Trinajstić information content (AvgIpc) is 1.82. The van der Waals surface area contributed by atoms with Gasteiger partial charge in [-0.25, -0.2) is 0 Å². The van der Waals surface area contributed by atoms with Crippen LogP contribution in [0.1, 0.15) is 40.0 Å². The molecule has 1 saturated carbocycles. The summed E-state index contributed by atoms with van der Waals surface area (Å²) in [6.45, 7) is 7.66. The van der Waals surface area contributed by atoms with E-state index in [9.17, 15) is 5.11 Å². The molecule has 0 spiro atoms. The highest BCUT2D eigenvalue weighted by atomic mass is 16.3. The molecule has 0 unspecified atom stereocenters. The predicted molar refractivity (Wildman–Crippen MR) is 49.5 cm³/mol. The lowest BCUT2D eigenvalue weighted by Crippen LogP contribution is -2.60. The van der Waals surface area contributed by atoms with Crippen molar-refractivity contribution in [1.82, 2.24) is 0 Å². The third kappa shape index (κ3) is 2.20. The van der Waals surface area contributed by atoms with Crippen LogP contribution in [0.4, 0.5) is 0 Å². The van der Waals surface area contributed by atoms with E-state index in [1.54, 1.807) is 0 Å². The molecule has 0 amide bonds. The van der Waals surface area contributed by atoms with Gasteiger partial charge in [-0.2, -0.15) is 0 Å². The molecule has 1 aliphatic rings. The molecule has 2 nitrogen and oxygen atoms in total. The van der Waals surface area contributed by atoms with Crippen molar-refractivity contribution in [3.8, 4) is 0 Å². The van der Waals surface area contributed by atoms with Gasteiger partial charge in [-0.05, 0) is 24.7 Å². The molecule has 2 heteroatoms. The first-order chi connectivity index (χ1) is 5.37. The van der Waals surface area contributed by atoms with Gasteiger partial charge in [0.2, 0.25) is 0 Å². The minimum atomic E-state index is -0.111. The standard InChI is InChI=1S/C10H21NO/c1-9(2)4-8(12)5-10(3,6-9)7-11/h8,12H,4-7,11H2,1-3H3/p+1/t8-,10-/m1/s1. The molecule has 2 atom stereocenters. The zero-order valence-electron chi connectivity index (χ0n) is 8.56. The molecule has 0 saturated heterocycles. The lowest BCUT2D eigenvalue weighted by atomic mass is 9.63. The highest BCUT2D eigenvalue weighted by Crippen LogP contribution is 2.45. The Kier molecular flexibility index (Phi) is 2.50. The summed E-state index contributed by atoms with van der Waals surface area (Å²) in [5, 5.41) is 9.68. The maximum absolute atomic E-state index is 9.68. The van der Waals surface area contributed by atoms with Crippen LogP contribution in [0.5, 0.6) is 0 Å². The van der Waals surface area contributed by atoms with Crippen LogP contribution in [-0.4, -0.2) is 17.8 Å². The van der Waals surface area contributed by atoms with Gasteiger partial charge in [-0.3, -0.25) is 0 Å². The third-order valence-corrected chi connectivity index (χ3v) is 3.03. The van der Waals surface area contributed by atoms with Crippen molar-refractivity contribution in [3.05, 3.63) is 0 Å². The summed E-state index contributed by atoms with van der Waals surface area (Å²) in [4.78, 5) is 0. The minimum Gasteiger partial charge on any atom is -0.393 e. The van der Waals surface area contributed by atoms with Crippen LogP contribution in [0, 0.1) is 10.8 Å². The van der Waals surface area contributed by atoms with Crippen molar-refractivity contribution in [2.75, 3.05) is 6.54 Å². The first-order valence-corrected chi connectivity index (χ1v) is 4.84. The molecule has 0 heterocycles. The number of quaternary nitrogens is 1. The van der Waals surface area contributed by atoms with Gasteiger partial charge in [0.15, 0.2) is 0 Å². The second kappa shape index (κ2) is 3.00. The Balaban J connectivity index is 2.70. The van der Waals surface area contributed by atoms with Crippen LogP contribution in [0.3, 0.4) is 0 Å². The first-order valence-electron chi connectivity index (χ1n) is 4.84. The molecule has 1 fully saturated rings. The molecule has 4 N–H and O–H groups in total. The van der Waals surface area contributed by atoms with Crippen LogP contribution < -0.4 is 5.73 Å². The van der Waals surface area contributed by atoms with Crippen LogP contribution in [0.15, 0.2) is 0 Å². The Morgan fingerprint density at radius 3 is 2.33 bits per heavy atom. The normalized spacial score (nSPS) is 41.2. The summed E-state index contributed by atoms with van der Waals surface area (Å²) in [5.41, 5.74) is 4.53. The van der Waals surface area contributed by atoms with Crippen LogP contribution in [-0.2, 0) is 0 Å². The van der Waals surface area contributed by atoms with Crippen molar-refractivity contribution >= 4 is 0 Å². The second-order valence-electron chi connectivity index (χ2n) is 5.46. The first kappa shape index (κ1) is 10.0. The molecule has 0 aromatic carbocycles. The summed E-state index contributed by atoms with van der Waals surface area (Å²) in [6, 6.07) is 0. The molecule has 1 rings (SSSR count). The van der Waals surface area contributed by atoms with Crippen LogP contribution in [0.25, 0.3) is 0 Å². The quantitative estimate of drug-likeness (QED) is 0.604. The Hall–Kier alpha value is -0.0800. The Labute approximate surface area is 75.2 Å². The molecule has 72 valence electrons. The highest BCUT2D eigenvalue weighted by molar-refractivity contribution is 4.90. The van der Waals surface area contributed by atoms with Crippen molar-refractivity contribution in [2.24, 2.45) is 10.8 Å². The lowest BCUT2D eigenvalue weighted by molar-refractivity contribution is -0.396. The number of aliphatic hydroxyl groups excluding tert-OH is 1. The van der Waals surface area contributed by atoms with E-state index in [0.29, 0.717) is 5.41 Å². The molecule has 12 heavy (non-hydrogen) atoms. The predicted octanol–water partition coefficient (Wildman–Crippen LogP) is 0.806. The maximum Gasteiger partial charge on any atom is 0.0795 e. The van der Waals surface area contributed by atoms with Gasteiger partial charge in [0.25, 0.3) is 0 Å². The SMILES string of the molecule is CC1(C)C[C@@H](O)C[C@@](C)(C[NH3+])C1. The van der Waals surface area contributed by atoms with E-state index in [1.165, 1.54) is 6.42 Å². The van der Waals surface area contributed by atoms with E-state index in [0.717, 1.165) is 19.4 Å². The molecular weight excluding hydrogens is 150 g/mol. The van der Waals surface area contributed by atoms with Crippen LogP contribution in [0.2, 0.25) is 0 Å². The smallest absolute Gasteiger partial charge is 0.0795 e. The number of hydrogen-bond acceptors (Lipinski definition) is 1. The van der Waals surface area contributed by atoms with E-state index in [4.69, 9.17) is 0 Å². The van der Waals surface area contributed by atoms with Gasteiger partial charge >= 0.3 is 0 Å². The summed E-state index contributed by atoms with van der Waals surface area (Å²) in [6.07, 6.45) is 2.96. The molecule has 0 bridgehead atoms. The van der Waals surface area contributed by atoms with Gasteiger partial charge in [0.1, 0.15) is 0 Å². The Bertz CT molecular complexity index is 167. The zero-order valence-corrected chi connectivity index (χ0v) is 8.56. The summed E-state index contributed by atoms with van der Waals surface area (Å²) in [7, 11) is 0. The van der Waals surface area contributed by atoms with Crippen molar-refractivity contribution in [3.63, 3.8) is 0 Å². The third-order valence-electron chi connectivity index (χ3n) is 3.03. The average molecular weight is 172 g/mol. The number of aliphatic hydroxyl groups is 1. The van der Waals surface area contributed by atoms with Crippen molar-refractivity contribution in [2.45, 2.75) is 46.1 Å². The number of hydrogen-bond donors (Lipinski definition) is 2. The lowest BCUT2D eigenvalue weighted by Gasteiger charge is -2.43. The summed E-state index contributed by atoms with van der Waals surface area (Å²) >= 11 is 0. The van der Waals surface area contributed by atoms with Crippen molar-refractivity contribution < 1.29 is 10.8 Å². The molecule has 0 aliphatic heterocycles. The highest BCUT2D eigenvalue weighted by Gasteiger charge is 2.40. The largest absolute Gasteiger partial charge is 0.393 e. The van der Waals surface area contributed by atoms with Gasteiger partial charge in [-0.15, -0.1) is 0 Å². The monoisotopic (exact) mass is 172 g/mol. The maximum atomic E-state index is 9.68. The molecule has 0 aromatic heterocycles. The van der Waals surface area contributed by atoms with E-state index < -0.39 is 0 Å². The Morgan fingerprint density at radius 1 is 1.33 bits per heavy atom. The Morgan fingerprint density at radius 2 is 1.92 bits per heavy atom. The molecule has 1 aliphatic carbocycles. The fourth-order valence-electron chi connectivity index (χ4n) is 2.77. The van der Waals surface area contributed by atoms with Gasteiger partial charge in [-0.1, -0.05) is 20.8 Å². The van der Waals surface area contributed by atoms with Gasteiger partial charge < -0.3 is 10.8 Å². The number of rotatable bonds is 1. The van der Waals surface area contributed by atoms with Crippen molar-refractivity contribution in [1.29, 1.82) is 0 Å². The zero-order chi connectivity index (χ0) is 9.41. The minimum absolute atomic E-state index is 0.111. The van der Waals surface area contributed by atoms with Gasteiger partial charge in [0.05, 0.1) is 12.6 Å². The van der Waals surface area contributed by atoms with E-state index in [1.807, 2.05) is 0 Å². The molecule has 0 radical (unpaired) electrons. The fraction of sp³-hybridized carbons (Fsp3) is 1.00. The van der Waals surface area contributed by atoms with E-state index >= 15 is 0 Å². The van der Waals surface area contributed by atoms with E-state index in [2.05, 4.69) is 26.5 Å².